The molecule has 0 heterocycles. The predicted molar refractivity (Wildman–Crippen MR) is 70.0 cm³/mol. The SMILES string of the molecule is N[C@H](CS)C(=O)OC1CCCc2ccccc21. The van der Waals surface area contributed by atoms with Crippen molar-refractivity contribution in [3.8, 4) is 0 Å². The number of carbonyl (C=O) groups excluding carboxylic acids is 1. The summed E-state index contributed by atoms with van der Waals surface area (Å²) in [7, 11) is 0. The van der Waals surface area contributed by atoms with Crippen LogP contribution in [0.1, 0.15) is 30.1 Å². The van der Waals surface area contributed by atoms with Crippen molar-refractivity contribution < 1.29 is 9.53 Å². The number of esters is 1. The molecule has 2 N–H and O–H groups in total. The lowest BCUT2D eigenvalue weighted by atomic mass is 9.89. The van der Waals surface area contributed by atoms with Gasteiger partial charge in [0, 0.05) is 5.75 Å². The Hall–Kier alpha value is -1.00. The first kappa shape index (κ1) is 12.5. The number of nitrogens with two attached hydrogens (primary N) is 1. The Morgan fingerprint density at radius 1 is 1.53 bits per heavy atom. The maximum Gasteiger partial charge on any atom is 0.324 e. The second kappa shape index (κ2) is 5.56. The first-order valence-electron chi connectivity index (χ1n) is 5.87. The fourth-order valence-corrected chi connectivity index (χ4v) is 2.28. The van der Waals surface area contributed by atoms with Gasteiger partial charge in [-0.25, -0.2) is 0 Å². The largest absolute Gasteiger partial charge is 0.456 e. The van der Waals surface area contributed by atoms with E-state index in [1.54, 1.807) is 0 Å². The van der Waals surface area contributed by atoms with Crippen molar-refractivity contribution in [2.75, 3.05) is 5.75 Å². The van der Waals surface area contributed by atoms with Crippen molar-refractivity contribution in [3.05, 3.63) is 35.4 Å². The van der Waals surface area contributed by atoms with Crippen LogP contribution in [0, 0.1) is 0 Å². The Balaban J connectivity index is 2.11. The number of fused-ring (bicyclic) bond motifs is 1. The zero-order chi connectivity index (χ0) is 12.3. The van der Waals surface area contributed by atoms with Gasteiger partial charge in [0.05, 0.1) is 0 Å². The highest BCUT2D eigenvalue weighted by atomic mass is 32.1. The normalized spacial score (nSPS) is 20.5. The molecule has 1 aromatic rings. The highest BCUT2D eigenvalue weighted by molar-refractivity contribution is 7.80. The fraction of sp³-hybridized carbons (Fsp3) is 0.462. The van der Waals surface area contributed by atoms with Crippen LogP contribution in [0.4, 0.5) is 0 Å². The summed E-state index contributed by atoms with van der Waals surface area (Å²) >= 11 is 4.00. The van der Waals surface area contributed by atoms with Gasteiger partial charge in [0.1, 0.15) is 12.1 Å². The summed E-state index contributed by atoms with van der Waals surface area (Å²) in [6.45, 7) is 0. The number of ether oxygens (including phenoxy) is 1. The molecule has 1 aromatic carbocycles. The molecule has 0 aliphatic heterocycles. The minimum absolute atomic E-state index is 0.140. The number of hydrogen-bond donors (Lipinski definition) is 2. The zero-order valence-electron chi connectivity index (χ0n) is 9.63. The molecule has 2 atom stereocenters. The molecule has 1 aliphatic carbocycles. The lowest BCUT2D eigenvalue weighted by molar-refractivity contribution is -0.151. The van der Waals surface area contributed by atoms with Crippen LogP contribution in [0.3, 0.4) is 0 Å². The van der Waals surface area contributed by atoms with Crippen LogP contribution >= 0.6 is 12.6 Å². The smallest absolute Gasteiger partial charge is 0.324 e. The van der Waals surface area contributed by atoms with E-state index < -0.39 is 6.04 Å². The van der Waals surface area contributed by atoms with Crippen molar-refractivity contribution in [1.82, 2.24) is 0 Å². The third-order valence-electron chi connectivity index (χ3n) is 3.07. The molecule has 0 saturated heterocycles. The molecule has 17 heavy (non-hydrogen) atoms. The topological polar surface area (TPSA) is 52.3 Å². The summed E-state index contributed by atoms with van der Waals surface area (Å²) in [4.78, 5) is 11.7. The molecule has 1 unspecified atom stereocenters. The van der Waals surface area contributed by atoms with Crippen molar-refractivity contribution in [3.63, 3.8) is 0 Å². The lowest BCUT2D eigenvalue weighted by Crippen LogP contribution is -2.35. The van der Waals surface area contributed by atoms with Crippen LogP contribution in [0.2, 0.25) is 0 Å². The molecule has 0 fully saturated rings. The number of rotatable bonds is 3. The van der Waals surface area contributed by atoms with E-state index in [9.17, 15) is 4.79 Å². The van der Waals surface area contributed by atoms with Crippen molar-refractivity contribution in [2.45, 2.75) is 31.4 Å². The molecule has 0 bridgehead atoms. The molecule has 1 aliphatic rings. The number of carbonyl (C=O) groups is 1. The third-order valence-corrected chi connectivity index (χ3v) is 3.47. The number of thiol groups is 1. The summed E-state index contributed by atoms with van der Waals surface area (Å²) in [6.07, 6.45) is 2.84. The molecule has 3 nitrogen and oxygen atoms in total. The van der Waals surface area contributed by atoms with E-state index in [4.69, 9.17) is 10.5 Å². The molecule has 0 amide bonds. The highest BCUT2D eigenvalue weighted by Gasteiger charge is 2.25. The molecular weight excluding hydrogens is 234 g/mol. The Morgan fingerprint density at radius 2 is 2.29 bits per heavy atom. The van der Waals surface area contributed by atoms with Gasteiger partial charge in [-0.05, 0) is 30.4 Å². The number of hydrogen-bond acceptors (Lipinski definition) is 4. The van der Waals surface area contributed by atoms with E-state index in [1.807, 2.05) is 18.2 Å². The Bertz CT molecular complexity index is 408. The van der Waals surface area contributed by atoms with Gasteiger partial charge >= 0.3 is 5.97 Å². The quantitative estimate of drug-likeness (QED) is 0.637. The molecular formula is C13H17NO2S. The Labute approximate surface area is 107 Å². The summed E-state index contributed by atoms with van der Waals surface area (Å²) in [5.74, 6) is -0.0468. The first-order valence-corrected chi connectivity index (χ1v) is 6.50. The van der Waals surface area contributed by atoms with Crippen LogP contribution < -0.4 is 5.73 Å². The van der Waals surface area contributed by atoms with E-state index in [2.05, 4.69) is 18.7 Å². The number of benzene rings is 1. The summed E-state index contributed by atoms with van der Waals surface area (Å²) in [5.41, 5.74) is 8.00. The van der Waals surface area contributed by atoms with Gasteiger partial charge in [0.15, 0.2) is 0 Å². The second-order valence-electron chi connectivity index (χ2n) is 4.31. The van der Waals surface area contributed by atoms with Crippen molar-refractivity contribution >= 4 is 18.6 Å². The van der Waals surface area contributed by atoms with Gasteiger partial charge in [0.2, 0.25) is 0 Å². The highest BCUT2D eigenvalue weighted by Crippen LogP contribution is 2.32. The molecule has 0 radical (unpaired) electrons. The molecule has 2 rings (SSSR count). The van der Waals surface area contributed by atoms with Crippen LogP contribution in [0.5, 0.6) is 0 Å². The minimum atomic E-state index is -0.632. The Kier molecular flexibility index (Phi) is 4.07. The molecule has 92 valence electrons. The van der Waals surface area contributed by atoms with E-state index in [0.717, 1.165) is 24.8 Å². The van der Waals surface area contributed by atoms with Gasteiger partial charge in [-0.15, -0.1) is 0 Å². The van der Waals surface area contributed by atoms with E-state index in [-0.39, 0.29) is 12.1 Å². The van der Waals surface area contributed by atoms with Gasteiger partial charge in [-0.2, -0.15) is 12.6 Å². The zero-order valence-corrected chi connectivity index (χ0v) is 10.5. The molecule has 0 saturated carbocycles. The van der Waals surface area contributed by atoms with Gasteiger partial charge in [-0.3, -0.25) is 4.79 Å². The Morgan fingerprint density at radius 3 is 3.06 bits per heavy atom. The lowest BCUT2D eigenvalue weighted by Gasteiger charge is -2.26. The standard InChI is InChI=1S/C13H17NO2S/c14-11(8-17)13(15)16-12-7-3-5-9-4-1-2-6-10(9)12/h1-2,4,6,11-12,17H,3,5,7-8,14H2/t11-,12?/m1/s1. The van der Waals surface area contributed by atoms with E-state index in [1.165, 1.54) is 5.56 Å². The third kappa shape index (κ3) is 2.82. The average Bonchev–Trinajstić information content (AvgIpc) is 2.38. The number of aryl methyl sites for hydroxylation is 1. The van der Waals surface area contributed by atoms with Crippen LogP contribution in [-0.2, 0) is 16.0 Å². The second-order valence-corrected chi connectivity index (χ2v) is 4.67. The first-order chi connectivity index (χ1) is 8.22. The van der Waals surface area contributed by atoms with Crippen LogP contribution in [0.15, 0.2) is 24.3 Å². The van der Waals surface area contributed by atoms with Crippen molar-refractivity contribution in [2.24, 2.45) is 5.73 Å². The minimum Gasteiger partial charge on any atom is -0.456 e. The summed E-state index contributed by atoms with van der Waals surface area (Å²) < 4.78 is 5.46. The van der Waals surface area contributed by atoms with Gasteiger partial charge < -0.3 is 10.5 Å². The van der Waals surface area contributed by atoms with Crippen LogP contribution in [0.25, 0.3) is 0 Å². The molecule has 0 aromatic heterocycles. The molecule has 4 heteroatoms. The summed E-state index contributed by atoms with van der Waals surface area (Å²) in [5, 5.41) is 0. The van der Waals surface area contributed by atoms with E-state index in [0.29, 0.717) is 5.75 Å². The summed E-state index contributed by atoms with van der Waals surface area (Å²) in [6, 6.07) is 7.48. The maximum atomic E-state index is 11.7. The predicted octanol–water partition coefficient (Wildman–Crippen LogP) is 1.86. The fourth-order valence-electron chi connectivity index (χ4n) is 2.13. The van der Waals surface area contributed by atoms with Crippen LogP contribution in [-0.4, -0.2) is 17.8 Å². The maximum absolute atomic E-state index is 11.7. The van der Waals surface area contributed by atoms with E-state index >= 15 is 0 Å². The average molecular weight is 251 g/mol. The molecule has 0 spiro atoms. The van der Waals surface area contributed by atoms with Crippen molar-refractivity contribution in [1.29, 1.82) is 0 Å². The van der Waals surface area contributed by atoms with Gasteiger partial charge in [0.25, 0.3) is 0 Å². The monoisotopic (exact) mass is 251 g/mol. The van der Waals surface area contributed by atoms with Gasteiger partial charge in [-0.1, -0.05) is 24.3 Å².